The molecule has 0 spiro atoms. The van der Waals surface area contributed by atoms with Gasteiger partial charge < -0.3 is 15.2 Å². The van der Waals surface area contributed by atoms with Crippen LogP contribution in [-0.4, -0.2) is 20.3 Å². The molecule has 1 aromatic carbocycles. The van der Waals surface area contributed by atoms with Gasteiger partial charge in [-0.3, -0.25) is 0 Å². The van der Waals surface area contributed by atoms with Crippen LogP contribution >= 0.6 is 0 Å². The van der Waals surface area contributed by atoms with E-state index < -0.39 is 0 Å². The lowest BCUT2D eigenvalue weighted by atomic mass is 9.93. The minimum atomic E-state index is -0.144. The molecule has 1 atom stereocenters. The predicted octanol–water partition coefficient (Wildman–Crippen LogP) is 3.46. The summed E-state index contributed by atoms with van der Waals surface area (Å²) in [6.45, 7) is 9.94. The molecule has 0 saturated heterocycles. The summed E-state index contributed by atoms with van der Waals surface area (Å²) in [5, 5.41) is 0. The number of nitrogens with two attached hydrogens (primary N) is 1. The monoisotopic (exact) mass is 265 g/mol. The van der Waals surface area contributed by atoms with Crippen LogP contribution < -0.4 is 10.5 Å². The molecule has 19 heavy (non-hydrogen) atoms. The molecule has 3 heteroatoms. The molecular weight excluding hydrogens is 238 g/mol. The van der Waals surface area contributed by atoms with E-state index in [0.717, 1.165) is 24.3 Å². The molecule has 0 heterocycles. The van der Waals surface area contributed by atoms with Gasteiger partial charge in [0.2, 0.25) is 0 Å². The van der Waals surface area contributed by atoms with Gasteiger partial charge in [-0.05, 0) is 24.8 Å². The standard InChI is InChI=1S/C16H27NO2/c1-12-6-7-15(18-5)13(10-12)14(17)11-19-9-8-16(2,3)4/h6-7,10,14H,8-9,11,17H2,1-5H3. The normalized spacial score (nSPS) is 13.4. The fourth-order valence-electron chi connectivity index (χ4n) is 1.82. The number of hydrogen-bond acceptors (Lipinski definition) is 3. The topological polar surface area (TPSA) is 44.5 Å². The number of hydrogen-bond donors (Lipinski definition) is 1. The van der Waals surface area contributed by atoms with Gasteiger partial charge in [-0.15, -0.1) is 0 Å². The molecular formula is C16H27NO2. The molecule has 0 bridgehead atoms. The second kappa shape index (κ2) is 6.92. The molecule has 1 aromatic rings. The first-order valence-corrected chi connectivity index (χ1v) is 6.81. The van der Waals surface area contributed by atoms with Gasteiger partial charge in [-0.2, -0.15) is 0 Å². The largest absolute Gasteiger partial charge is 0.496 e. The van der Waals surface area contributed by atoms with Crippen molar-refractivity contribution < 1.29 is 9.47 Å². The third-order valence-corrected chi connectivity index (χ3v) is 3.08. The maximum Gasteiger partial charge on any atom is 0.123 e. The van der Waals surface area contributed by atoms with Crippen molar-refractivity contribution in [2.24, 2.45) is 11.1 Å². The number of benzene rings is 1. The first kappa shape index (κ1) is 16.0. The van der Waals surface area contributed by atoms with Gasteiger partial charge >= 0.3 is 0 Å². The first-order valence-electron chi connectivity index (χ1n) is 6.81. The Morgan fingerprint density at radius 2 is 1.95 bits per heavy atom. The van der Waals surface area contributed by atoms with Gasteiger partial charge in [0, 0.05) is 12.2 Å². The Morgan fingerprint density at radius 3 is 2.53 bits per heavy atom. The van der Waals surface area contributed by atoms with E-state index in [1.807, 2.05) is 12.1 Å². The summed E-state index contributed by atoms with van der Waals surface area (Å²) in [5.41, 5.74) is 8.68. The zero-order valence-electron chi connectivity index (χ0n) is 12.8. The fraction of sp³-hybridized carbons (Fsp3) is 0.625. The molecule has 0 aliphatic heterocycles. The van der Waals surface area contributed by atoms with Crippen molar-refractivity contribution in [1.29, 1.82) is 0 Å². The van der Waals surface area contributed by atoms with E-state index in [9.17, 15) is 0 Å². The minimum Gasteiger partial charge on any atom is -0.496 e. The third kappa shape index (κ3) is 5.62. The van der Waals surface area contributed by atoms with Gasteiger partial charge in [0.1, 0.15) is 5.75 Å². The lowest BCUT2D eigenvalue weighted by Crippen LogP contribution is -2.20. The highest BCUT2D eigenvalue weighted by atomic mass is 16.5. The Bertz CT molecular complexity index is 396. The zero-order chi connectivity index (χ0) is 14.5. The van der Waals surface area contributed by atoms with Gasteiger partial charge in [-0.1, -0.05) is 38.5 Å². The van der Waals surface area contributed by atoms with Crippen LogP contribution in [-0.2, 0) is 4.74 Å². The van der Waals surface area contributed by atoms with Crippen LogP contribution in [0.25, 0.3) is 0 Å². The summed E-state index contributed by atoms with van der Waals surface area (Å²) in [5.74, 6) is 0.831. The molecule has 1 unspecified atom stereocenters. The molecule has 0 aliphatic rings. The average Bonchev–Trinajstić information content (AvgIpc) is 2.33. The maximum absolute atomic E-state index is 6.19. The highest BCUT2D eigenvalue weighted by Crippen LogP contribution is 2.25. The Labute approximate surface area is 117 Å². The number of ether oxygens (including phenoxy) is 2. The first-order chi connectivity index (χ1) is 8.83. The van der Waals surface area contributed by atoms with Crippen molar-refractivity contribution in [3.63, 3.8) is 0 Å². The molecule has 0 radical (unpaired) electrons. The Balaban J connectivity index is 2.53. The van der Waals surface area contributed by atoms with E-state index >= 15 is 0 Å². The molecule has 2 N–H and O–H groups in total. The summed E-state index contributed by atoms with van der Waals surface area (Å²) in [7, 11) is 1.67. The van der Waals surface area contributed by atoms with Gasteiger partial charge in [0.25, 0.3) is 0 Å². The maximum atomic E-state index is 6.19. The quantitative estimate of drug-likeness (QED) is 0.801. The predicted molar refractivity (Wildman–Crippen MR) is 79.6 cm³/mol. The van der Waals surface area contributed by atoms with Crippen molar-refractivity contribution in [1.82, 2.24) is 0 Å². The zero-order valence-corrected chi connectivity index (χ0v) is 12.8. The highest BCUT2D eigenvalue weighted by Gasteiger charge is 2.14. The second-order valence-electron chi connectivity index (χ2n) is 6.24. The fourth-order valence-corrected chi connectivity index (χ4v) is 1.82. The number of aryl methyl sites for hydroxylation is 1. The van der Waals surface area contributed by atoms with Crippen molar-refractivity contribution in [2.45, 2.75) is 40.2 Å². The number of methoxy groups -OCH3 is 1. The van der Waals surface area contributed by atoms with E-state index in [1.54, 1.807) is 7.11 Å². The molecule has 0 aromatic heterocycles. The molecule has 3 nitrogen and oxygen atoms in total. The number of rotatable bonds is 6. The smallest absolute Gasteiger partial charge is 0.123 e. The summed E-state index contributed by atoms with van der Waals surface area (Å²) in [6.07, 6.45) is 1.03. The van der Waals surface area contributed by atoms with Crippen LogP contribution in [0.4, 0.5) is 0 Å². The summed E-state index contributed by atoms with van der Waals surface area (Å²) < 4.78 is 11.0. The van der Waals surface area contributed by atoms with Crippen molar-refractivity contribution in [3.8, 4) is 5.75 Å². The van der Waals surface area contributed by atoms with E-state index in [0.29, 0.717) is 12.0 Å². The van der Waals surface area contributed by atoms with E-state index in [1.165, 1.54) is 5.56 Å². The average molecular weight is 265 g/mol. The molecule has 1 rings (SSSR count). The van der Waals surface area contributed by atoms with Crippen LogP contribution in [0.1, 0.15) is 44.4 Å². The lowest BCUT2D eigenvalue weighted by molar-refractivity contribution is 0.0969. The second-order valence-corrected chi connectivity index (χ2v) is 6.24. The van der Waals surface area contributed by atoms with Crippen LogP contribution in [0.3, 0.4) is 0 Å². The highest BCUT2D eigenvalue weighted by molar-refractivity contribution is 5.39. The third-order valence-electron chi connectivity index (χ3n) is 3.08. The minimum absolute atomic E-state index is 0.144. The molecule has 108 valence electrons. The summed E-state index contributed by atoms with van der Waals surface area (Å²) in [6, 6.07) is 5.90. The Morgan fingerprint density at radius 1 is 1.26 bits per heavy atom. The molecule has 0 amide bonds. The van der Waals surface area contributed by atoms with Crippen LogP contribution in [0.5, 0.6) is 5.75 Å². The van der Waals surface area contributed by atoms with E-state index in [2.05, 4.69) is 33.8 Å². The van der Waals surface area contributed by atoms with Crippen LogP contribution in [0.15, 0.2) is 18.2 Å². The van der Waals surface area contributed by atoms with Crippen molar-refractivity contribution in [2.75, 3.05) is 20.3 Å². The summed E-state index contributed by atoms with van der Waals surface area (Å²) >= 11 is 0. The molecule has 0 saturated carbocycles. The molecule has 0 aliphatic carbocycles. The Hall–Kier alpha value is -1.06. The Kier molecular flexibility index (Phi) is 5.83. The lowest BCUT2D eigenvalue weighted by Gasteiger charge is -2.20. The van der Waals surface area contributed by atoms with Crippen molar-refractivity contribution >= 4 is 0 Å². The van der Waals surface area contributed by atoms with E-state index in [4.69, 9.17) is 15.2 Å². The van der Waals surface area contributed by atoms with Crippen LogP contribution in [0.2, 0.25) is 0 Å². The van der Waals surface area contributed by atoms with Crippen LogP contribution in [0, 0.1) is 12.3 Å². The van der Waals surface area contributed by atoms with Gasteiger partial charge in [0.15, 0.2) is 0 Å². The van der Waals surface area contributed by atoms with Crippen molar-refractivity contribution in [3.05, 3.63) is 29.3 Å². The SMILES string of the molecule is COc1ccc(C)cc1C(N)COCCC(C)(C)C. The summed E-state index contributed by atoms with van der Waals surface area (Å²) in [4.78, 5) is 0. The van der Waals surface area contributed by atoms with Gasteiger partial charge in [0.05, 0.1) is 19.8 Å². The van der Waals surface area contributed by atoms with E-state index in [-0.39, 0.29) is 6.04 Å². The van der Waals surface area contributed by atoms with Gasteiger partial charge in [-0.25, -0.2) is 0 Å². The molecule has 0 fully saturated rings.